The van der Waals surface area contributed by atoms with Gasteiger partial charge in [-0.1, -0.05) is 11.6 Å². The first-order valence-electron chi connectivity index (χ1n) is 7.78. The number of hydrogen-bond donors (Lipinski definition) is 1. The van der Waals surface area contributed by atoms with Crippen molar-refractivity contribution >= 4 is 29.0 Å². The molecule has 2 rings (SSSR count). The van der Waals surface area contributed by atoms with E-state index in [0.717, 1.165) is 17.1 Å². The maximum atomic E-state index is 12.1. The first-order valence-corrected chi connectivity index (χ1v) is 8.16. The third kappa shape index (κ3) is 5.13. The highest BCUT2D eigenvalue weighted by Gasteiger charge is 2.09. The number of aryl methyl sites for hydroxylation is 1. The van der Waals surface area contributed by atoms with Gasteiger partial charge in [0.15, 0.2) is 5.82 Å². The molecule has 0 aliphatic rings. The number of benzene rings is 1. The summed E-state index contributed by atoms with van der Waals surface area (Å²) in [5, 5.41) is 3.58. The number of amides is 1. The zero-order valence-corrected chi connectivity index (χ0v) is 14.9. The fourth-order valence-electron chi connectivity index (χ4n) is 2.25. The lowest BCUT2D eigenvalue weighted by Gasteiger charge is -2.16. The van der Waals surface area contributed by atoms with Crippen LogP contribution in [0.2, 0.25) is 5.02 Å². The minimum absolute atomic E-state index is 0.0532. The van der Waals surface area contributed by atoms with E-state index in [0.29, 0.717) is 30.2 Å². The Hall–Kier alpha value is -2.27. The smallest absolute Gasteiger partial charge is 0.224 e. The number of ether oxygens (including phenoxy) is 1. The van der Waals surface area contributed by atoms with E-state index >= 15 is 0 Å². The molecule has 5 nitrogen and oxygen atoms in total. The minimum Gasteiger partial charge on any atom is -0.493 e. The number of carbonyl (C=O) groups is 1. The molecule has 24 heavy (non-hydrogen) atoms. The molecule has 0 fully saturated rings. The third-order valence-corrected chi connectivity index (χ3v) is 3.66. The van der Waals surface area contributed by atoms with Crippen molar-refractivity contribution in [3.8, 4) is 5.75 Å². The minimum atomic E-state index is -0.0532. The van der Waals surface area contributed by atoms with Crippen LogP contribution in [0, 0.1) is 6.92 Å². The van der Waals surface area contributed by atoms with Crippen molar-refractivity contribution in [3.63, 3.8) is 0 Å². The van der Waals surface area contributed by atoms with Crippen LogP contribution in [0.4, 0.5) is 11.5 Å². The van der Waals surface area contributed by atoms with E-state index in [-0.39, 0.29) is 5.91 Å². The summed E-state index contributed by atoms with van der Waals surface area (Å²) < 4.78 is 5.70. The molecule has 6 heteroatoms. The molecule has 0 atom stereocenters. The highest BCUT2D eigenvalue weighted by molar-refractivity contribution is 6.30. The van der Waals surface area contributed by atoms with Gasteiger partial charge in [-0.25, -0.2) is 4.98 Å². The lowest BCUT2D eigenvalue weighted by Crippen LogP contribution is -2.18. The van der Waals surface area contributed by atoms with E-state index in [1.807, 2.05) is 44.1 Å². The van der Waals surface area contributed by atoms with Crippen LogP contribution >= 0.6 is 11.6 Å². The molecule has 0 aliphatic carbocycles. The topological polar surface area (TPSA) is 54.5 Å². The molecule has 1 aromatic carbocycles. The molecular formula is C18H22ClN3O2. The standard InChI is InChI=1S/C18H22ClN3O2/c1-13-12-14(19)8-9-16(13)24-11-5-7-17(23)21-15-6-4-10-20-18(15)22(2)3/h4,6,8-10,12H,5,7,11H2,1-3H3,(H,21,23). The predicted molar refractivity (Wildman–Crippen MR) is 98.1 cm³/mol. The highest BCUT2D eigenvalue weighted by atomic mass is 35.5. The molecule has 2 aromatic rings. The Bertz CT molecular complexity index is 704. The van der Waals surface area contributed by atoms with Crippen LogP contribution in [0.5, 0.6) is 5.75 Å². The van der Waals surface area contributed by atoms with Gasteiger partial charge in [-0.05, 0) is 49.2 Å². The van der Waals surface area contributed by atoms with Crippen molar-refractivity contribution in [2.24, 2.45) is 0 Å². The van der Waals surface area contributed by atoms with Crippen molar-refractivity contribution in [2.45, 2.75) is 19.8 Å². The zero-order valence-electron chi connectivity index (χ0n) is 14.2. The number of carbonyl (C=O) groups excluding carboxylic acids is 1. The van der Waals surface area contributed by atoms with Crippen molar-refractivity contribution in [2.75, 3.05) is 30.9 Å². The Labute approximate surface area is 147 Å². The Morgan fingerprint density at radius 2 is 2.12 bits per heavy atom. The van der Waals surface area contributed by atoms with Gasteiger partial charge in [-0.3, -0.25) is 4.79 Å². The number of anilines is 2. The molecule has 0 saturated carbocycles. The molecule has 128 valence electrons. The molecule has 0 spiro atoms. The lowest BCUT2D eigenvalue weighted by molar-refractivity contribution is -0.116. The second kappa shape index (κ2) is 8.55. The van der Waals surface area contributed by atoms with Gasteiger partial charge in [0.2, 0.25) is 5.91 Å². The van der Waals surface area contributed by atoms with Crippen LogP contribution in [-0.2, 0) is 4.79 Å². The van der Waals surface area contributed by atoms with E-state index in [4.69, 9.17) is 16.3 Å². The summed E-state index contributed by atoms with van der Waals surface area (Å²) >= 11 is 5.91. The van der Waals surface area contributed by atoms with Crippen molar-refractivity contribution in [1.82, 2.24) is 4.98 Å². The molecule has 1 N–H and O–H groups in total. The third-order valence-electron chi connectivity index (χ3n) is 3.43. The first kappa shape index (κ1) is 18.1. The molecule has 1 amide bonds. The summed E-state index contributed by atoms with van der Waals surface area (Å²) in [6, 6.07) is 9.14. The lowest BCUT2D eigenvalue weighted by atomic mass is 10.2. The van der Waals surface area contributed by atoms with Gasteiger partial charge >= 0.3 is 0 Å². The van der Waals surface area contributed by atoms with Gasteiger partial charge in [-0.15, -0.1) is 0 Å². The average Bonchev–Trinajstić information content (AvgIpc) is 2.53. The van der Waals surface area contributed by atoms with Gasteiger partial charge in [0.1, 0.15) is 5.75 Å². The van der Waals surface area contributed by atoms with E-state index in [2.05, 4.69) is 10.3 Å². The summed E-state index contributed by atoms with van der Waals surface area (Å²) in [7, 11) is 3.78. The zero-order chi connectivity index (χ0) is 17.5. The summed E-state index contributed by atoms with van der Waals surface area (Å²) in [5.74, 6) is 1.48. The summed E-state index contributed by atoms with van der Waals surface area (Å²) in [6.45, 7) is 2.42. The van der Waals surface area contributed by atoms with Gasteiger partial charge in [0.25, 0.3) is 0 Å². The van der Waals surface area contributed by atoms with Crippen LogP contribution in [0.25, 0.3) is 0 Å². The number of nitrogens with zero attached hydrogens (tertiary/aromatic N) is 2. The maximum Gasteiger partial charge on any atom is 0.224 e. The van der Waals surface area contributed by atoms with Crippen LogP contribution in [0.3, 0.4) is 0 Å². The second-order valence-electron chi connectivity index (χ2n) is 5.68. The number of halogens is 1. The summed E-state index contributed by atoms with van der Waals surface area (Å²) in [5.41, 5.74) is 1.69. The Morgan fingerprint density at radius 3 is 2.83 bits per heavy atom. The quantitative estimate of drug-likeness (QED) is 0.771. The molecule has 1 aromatic heterocycles. The van der Waals surface area contributed by atoms with Crippen LogP contribution in [0.1, 0.15) is 18.4 Å². The van der Waals surface area contributed by atoms with Crippen LogP contribution < -0.4 is 15.0 Å². The second-order valence-corrected chi connectivity index (χ2v) is 6.12. The average molecular weight is 348 g/mol. The molecule has 0 bridgehead atoms. The molecule has 0 saturated heterocycles. The number of hydrogen-bond acceptors (Lipinski definition) is 4. The number of nitrogens with one attached hydrogen (secondary N) is 1. The Balaban J connectivity index is 1.80. The first-order chi connectivity index (χ1) is 11.5. The molecular weight excluding hydrogens is 326 g/mol. The van der Waals surface area contributed by atoms with Gasteiger partial charge in [0.05, 0.1) is 12.3 Å². The summed E-state index contributed by atoms with van der Waals surface area (Å²) in [6.07, 6.45) is 2.72. The number of rotatable bonds is 7. The Morgan fingerprint density at radius 1 is 1.33 bits per heavy atom. The van der Waals surface area contributed by atoms with Gasteiger partial charge in [-0.2, -0.15) is 0 Å². The maximum absolute atomic E-state index is 12.1. The SMILES string of the molecule is Cc1cc(Cl)ccc1OCCCC(=O)Nc1cccnc1N(C)C. The summed E-state index contributed by atoms with van der Waals surface area (Å²) in [4.78, 5) is 18.2. The van der Waals surface area contributed by atoms with E-state index in [1.54, 1.807) is 18.3 Å². The fourth-order valence-corrected chi connectivity index (χ4v) is 2.48. The van der Waals surface area contributed by atoms with Crippen LogP contribution in [0.15, 0.2) is 36.5 Å². The van der Waals surface area contributed by atoms with E-state index in [1.165, 1.54) is 0 Å². The largest absolute Gasteiger partial charge is 0.493 e. The highest BCUT2D eigenvalue weighted by Crippen LogP contribution is 2.22. The van der Waals surface area contributed by atoms with E-state index < -0.39 is 0 Å². The fraction of sp³-hybridized carbons (Fsp3) is 0.333. The van der Waals surface area contributed by atoms with Crippen molar-refractivity contribution in [3.05, 3.63) is 47.1 Å². The van der Waals surface area contributed by atoms with E-state index in [9.17, 15) is 4.79 Å². The van der Waals surface area contributed by atoms with Gasteiger partial charge < -0.3 is 15.0 Å². The van der Waals surface area contributed by atoms with Crippen molar-refractivity contribution < 1.29 is 9.53 Å². The number of aromatic nitrogens is 1. The molecule has 0 unspecified atom stereocenters. The monoisotopic (exact) mass is 347 g/mol. The molecule has 1 heterocycles. The molecule has 0 radical (unpaired) electrons. The number of pyridine rings is 1. The predicted octanol–water partition coefficient (Wildman–Crippen LogP) is 3.91. The molecule has 0 aliphatic heterocycles. The normalized spacial score (nSPS) is 10.3. The van der Waals surface area contributed by atoms with Gasteiger partial charge in [0, 0.05) is 31.7 Å². The van der Waals surface area contributed by atoms with Crippen LogP contribution in [-0.4, -0.2) is 31.6 Å². The Kier molecular flexibility index (Phi) is 6.44. The van der Waals surface area contributed by atoms with Crippen molar-refractivity contribution in [1.29, 1.82) is 0 Å².